The quantitative estimate of drug-likeness (QED) is 0.678. The number of benzene rings is 1. The molecule has 0 spiro atoms. The van der Waals surface area contributed by atoms with E-state index in [-0.39, 0.29) is 26.0 Å². The maximum Gasteiger partial charge on any atom is 0.245 e. The maximum atomic E-state index is 13.4. The van der Waals surface area contributed by atoms with Crippen molar-refractivity contribution in [3.8, 4) is 0 Å². The van der Waals surface area contributed by atoms with Crippen LogP contribution in [0, 0.1) is 11.7 Å². The summed E-state index contributed by atoms with van der Waals surface area (Å²) in [5.41, 5.74) is 0. The molecule has 1 aromatic carbocycles. The average Bonchev–Trinajstić information content (AvgIpc) is 3.00. The molecule has 2 aliphatic rings. The summed E-state index contributed by atoms with van der Waals surface area (Å²) < 4.78 is 51.9. The van der Waals surface area contributed by atoms with Crippen LogP contribution in [0.1, 0.15) is 12.8 Å². The van der Waals surface area contributed by atoms with Gasteiger partial charge in [-0.2, -0.15) is 4.31 Å². The Labute approximate surface area is 151 Å². The zero-order valence-electron chi connectivity index (χ0n) is 12.2. The van der Waals surface area contributed by atoms with E-state index >= 15 is 0 Å². The van der Waals surface area contributed by atoms with Crippen LogP contribution in [0.4, 0.5) is 4.39 Å². The molecule has 0 N–H and O–H groups in total. The largest absolute Gasteiger partial charge is 0.350 e. The van der Waals surface area contributed by atoms with Crippen LogP contribution in [0.3, 0.4) is 0 Å². The van der Waals surface area contributed by atoms with Gasteiger partial charge in [0.1, 0.15) is 10.7 Å². The Hall–Kier alpha value is -0.0600. The third-order valence-electron chi connectivity index (χ3n) is 4.09. The second-order valence-corrected chi connectivity index (χ2v) is 9.13. The summed E-state index contributed by atoms with van der Waals surface area (Å²) in [6, 6.07) is 2.31. The van der Waals surface area contributed by atoms with Gasteiger partial charge in [-0.05, 0) is 56.8 Å². The molecular weight excluding hydrogens is 457 g/mol. The highest BCUT2D eigenvalue weighted by Gasteiger charge is 2.36. The van der Waals surface area contributed by atoms with Crippen LogP contribution < -0.4 is 0 Å². The van der Waals surface area contributed by atoms with E-state index < -0.39 is 15.8 Å². The van der Waals surface area contributed by atoms with Gasteiger partial charge in [0.05, 0.1) is 13.2 Å². The minimum atomic E-state index is -3.70. The first-order valence-corrected chi connectivity index (χ1v) is 10.3. The smallest absolute Gasteiger partial charge is 0.245 e. The Balaban J connectivity index is 1.77. The molecule has 0 atom stereocenters. The van der Waals surface area contributed by atoms with Gasteiger partial charge in [0.2, 0.25) is 10.0 Å². The molecule has 2 heterocycles. The van der Waals surface area contributed by atoms with Crippen LogP contribution in [0.25, 0.3) is 0 Å². The van der Waals surface area contributed by atoms with E-state index in [0.29, 0.717) is 39.1 Å². The van der Waals surface area contributed by atoms with E-state index in [1.807, 2.05) is 0 Å². The van der Waals surface area contributed by atoms with Gasteiger partial charge in [0.25, 0.3) is 0 Å². The van der Waals surface area contributed by atoms with Gasteiger partial charge in [0.15, 0.2) is 6.29 Å². The first-order valence-electron chi connectivity index (χ1n) is 7.27. The van der Waals surface area contributed by atoms with Gasteiger partial charge >= 0.3 is 0 Å². The highest BCUT2D eigenvalue weighted by molar-refractivity contribution is 9.11. The molecular formula is C14H16Br2FNO4S. The Morgan fingerprint density at radius 1 is 1.09 bits per heavy atom. The molecule has 3 rings (SSSR count). The predicted molar refractivity (Wildman–Crippen MR) is 89.0 cm³/mol. The lowest BCUT2D eigenvalue weighted by Crippen LogP contribution is -2.41. The van der Waals surface area contributed by atoms with Crippen LogP contribution in [-0.4, -0.2) is 45.3 Å². The second-order valence-electron chi connectivity index (χ2n) is 5.55. The zero-order valence-corrected chi connectivity index (χ0v) is 16.2. The summed E-state index contributed by atoms with van der Waals surface area (Å²) in [6.45, 7) is 1.98. The molecule has 0 amide bonds. The van der Waals surface area contributed by atoms with Crippen molar-refractivity contribution in [2.75, 3.05) is 26.3 Å². The summed E-state index contributed by atoms with van der Waals surface area (Å²) in [5, 5.41) is 0. The van der Waals surface area contributed by atoms with Crippen molar-refractivity contribution in [2.45, 2.75) is 24.0 Å². The molecule has 2 aliphatic heterocycles. The van der Waals surface area contributed by atoms with Crippen molar-refractivity contribution in [1.82, 2.24) is 4.31 Å². The molecule has 0 aromatic heterocycles. The molecule has 2 fully saturated rings. The molecule has 1 aromatic rings. The van der Waals surface area contributed by atoms with Gasteiger partial charge < -0.3 is 9.47 Å². The highest BCUT2D eigenvalue weighted by atomic mass is 79.9. The topological polar surface area (TPSA) is 55.8 Å². The third kappa shape index (κ3) is 3.64. The normalized spacial score (nSPS) is 21.9. The first-order chi connectivity index (χ1) is 10.9. The predicted octanol–water partition coefficient (Wildman–Crippen LogP) is 3.12. The fourth-order valence-corrected chi connectivity index (χ4v) is 6.86. The Morgan fingerprint density at radius 3 is 2.13 bits per heavy atom. The SMILES string of the molecule is O=S(=O)(c1c(Br)cc(F)cc1Br)N1CCC(C2OCCO2)CC1. The molecule has 0 aliphatic carbocycles. The fourth-order valence-electron chi connectivity index (χ4n) is 2.94. The van der Waals surface area contributed by atoms with Crippen LogP contribution in [0.5, 0.6) is 0 Å². The lowest BCUT2D eigenvalue weighted by molar-refractivity contribution is -0.0938. The zero-order chi connectivity index (χ0) is 16.6. The minimum Gasteiger partial charge on any atom is -0.350 e. The standard InChI is InChI=1S/C14H16Br2FNO4S/c15-11-7-10(17)8-12(16)13(11)23(19,20)18-3-1-9(2-4-18)14-21-5-6-22-14/h7-9,14H,1-6H2. The number of ether oxygens (including phenoxy) is 2. The number of hydrogen-bond donors (Lipinski definition) is 0. The molecule has 0 bridgehead atoms. The minimum absolute atomic E-state index is 0.0608. The van der Waals surface area contributed by atoms with Gasteiger partial charge in [-0.3, -0.25) is 0 Å². The van der Waals surface area contributed by atoms with Crippen molar-refractivity contribution in [3.63, 3.8) is 0 Å². The van der Waals surface area contributed by atoms with E-state index in [9.17, 15) is 12.8 Å². The molecule has 9 heteroatoms. The number of halogens is 3. The Kier molecular flexibility index (Phi) is 5.44. The van der Waals surface area contributed by atoms with Crippen molar-refractivity contribution in [1.29, 1.82) is 0 Å². The Bertz CT molecular complexity index is 663. The summed E-state index contributed by atoms with van der Waals surface area (Å²) in [5.74, 6) is -0.291. The van der Waals surface area contributed by atoms with Gasteiger partial charge in [-0.1, -0.05) is 0 Å². The number of piperidine rings is 1. The van der Waals surface area contributed by atoms with Crippen LogP contribution >= 0.6 is 31.9 Å². The van der Waals surface area contributed by atoms with Gasteiger partial charge in [-0.25, -0.2) is 12.8 Å². The molecule has 0 radical (unpaired) electrons. The number of hydrogen-bond acceptors (Lipinski definition) is 4. The van der Waals surface area contributed by atoms with E-state index in [2.05, 4.69) is 31.9 Å². The van der Waals surface area contributed by atoms with Crippen LogP contribution in [0.15, 0.2) is 26.0 Å². The lowest BCUT2D eigenvalue weighted by atomic mass is 9.98. The van der Waals surface area contributed by atoms with Crippen molar-refractivity contribution in [2.24, 2.45) is 5.92 Å². The van der Waals surface area contributed by atoms with E-state index in [1.165, 1.54) is 4.31 Å². The Morgan fingerprint density at radius 2 is 1.61 bits per heavy atom. The maximum absolute atomic E-state index is 13.4. The van der Waals surface area contributed by atoms with Crippen LogP contribution in [0.2, 0.25) is 0 Å². The number of sulfonamides is 1. The molecule has 0 saturated carbocycles. The van der Waals surface area contributed by atoms with Gasteiger partial charge in [-0.15, -0.1) is 0 Å². The first kappa shape index (κ1) is 17.8. The van der Waals surface area contributed by atoms with Crippen molar-refractivity contribution < 1.29 is 22.3 Å². The van der Waals surface area contributed by atoms with E-state index in [0.717, 1.165) is 12.1 Å². The summed E-state index contributed by atoms with van der Waals surface area (Å²) in [4.78, 5) is 0.0608. The number of rotatable bonds is 3. The molecule has 128 valence electrons. The lowest BCUT2D eigenvalue weighted by Gasteiger charge is -2.33. The average molecular weight is 473 g/mol. The van der Waals surface area contributed by atoms with Crippen LogP contribution in [-0.2, 0) is 19.5 Å². The van der Waals surface area contributed by atoms with E-state index in [4.69, 9.17) is 9.47 Å². The molecule has 23 heavy (non-hydrogen) atoms. The molecule has 2 saturated heterocycles. The number of nitrogens with zero attached hydrogens (tertiary/aromatic N) is 1. The highest BCUT2D eigenvalue weighted by Crippen LogP contribution is 2.35. The molecule has 0 unspecified atom stereocenters. The third-order valence-corrected chi connectivity index (χ3v) is 7.87. The van der Waals surface area contributed by atoms with Gasteiger partial charge in [0, 0.05) is 28.0 Å². The summed E-state index contributed by atoms with van der Waals surface area (Å²) >= 11 is 6.30. The fraction of sp³-hybridized carbons (Fsp3) is 0.571. The van der Waals surface area contributed by atoms with E-state index in [1.54, 1.807) is 0 Å². The van der Waals surface area contributed by atoms with Crippen molar-refractivity contribution in [3.05, 3.63) is 26.9 Å². The monoisotopic (exact) mass is 471 g/mol. The molecule has 5 nitrogen and oxygen atoms in total. The summed E-state index contributed by atoms with van der Waals surface area (Å²) in [6.07, 6.45) is 1.14. The second kappa shape index (κ2) is 7.05. The summed E-state index contributed by atoms with van der Waals surface area (Å²) in [7, 11) is -3.70. The van der Waals surface area contributed by atoms with Crippen molar-refractivity contribution >= 4 is 41.9 Å².